The fraction of sp³-hybridized carbons (Fsp3) is 0.300. The van der Waals surface area contributed by atoms with Crippen molar-refractivity contribution >= 4 is 23.0 Å². The molecule has 9 heteroatoms. The number of non-ortho nitro benzene ring substituents is 1. The highest BCUT2D eigenvalue weighted by atomic mass is 16.7. The van der Waals surface area contributed by atoms with Crippen molar-refractivity contribution < 1.29 is 24.0 Å². The molecule has 0 unspecified atom stereocenters. The van der Waals surface area contributed by atoms with E-state index < -0.39 is 4.92 Å². The van der Waals surface area contributed by atoms with Gasteiger partial charge in [0.25, 0.3) is 11.6 Å². The summed E-state index contributed by atoms with van der Waals surface area (Å²) in [5.74, 6) is 0.270. The van der Waals surface area contributed by atoms with E-state index in [0.717, 1.165) is 12.1 Å². The van der Waals surface area contributed by atoms with E-state index in [2.05, 4.69) is 5.16 Å². The van der Waals surface area contributed by atoms with Crippen LogP contribution in [0.2, 0.25) is 0 Å². The average Bonchev–Trinajstić information content (AvgIpc) is 3.00. The number of oxime groups is 1. The first-order valence-corrected chi connectivity index (χ1v) is 9.22. The maximum absolute atomic E-state index is 12.8. The van der Waals surface area contributed by atoms with Crippen molar-refractivity contribution in [2.45, 2.75) is 26.6 Å². The lowest BCUT2D eigenvalue weighted by molar-refractivity contribution is -0.385. The van der Waals surface area contributed by atoms with Crippen molar-refractivity contribution in [3.05, 3.63) is 63.2 Å². The minimum atomic E-state index is -0.482. The number of hydrogen-bond acceptors (Lipinski definition) is 7. The van der Waals surface area contributed by atoms with Crippen molar-refractivity contribution in [3.8, 4) is 5.75 Å². The number of nitro benzene ring substituents is 1. The number of hydrogen-bond donors (Lipinski definition) is 0. The van der Waals surface area contributed by atoms with Crippen LogP contribution in [0.3, 0.4) is 0 Å². The number of rotatable bonds is 6. The van der Waals surface area contributed by atoms with Crippen molar-refractivity contribution in [2.75, 3.05) is 18.2 Å². The van der Waals surface area contributed by atoms with E-state index in [0.29, 0.717) is 29.0 Å². The van der Waals surface area contributed by atoms with E-state index in [-0.39, 0.29) is 37.3 Å². The van der Waals surface area contributed by atoms with Crippen LogP contribution in [-0.2, 0) is 27.6 Å². The molecule has 2 aromatic carbocycles. The molecule has 0 aliphatic carbocycles. The molecule has 4 rings (SSSR count). The fourth-order valence-corrected chi connectivity index (χ4v) is 3.46. The van der Waals surface area contributed by atoms with Crippen molar-refractivity contribution in [3.63, 3.8) is 0 Å². The molecule has 0 fully saturated rings. The van der Waals surface area contributed by atoms with Crippen LogP contribution >= 0.6 is 0 Å². The maximum atomic E-state index is 12.8. The third-order valence-corrected chi connectivity index (χ3v) is 4.70. The Hall–Kier alpha value is -3.46. The number of carbonyl (C=O) groups excluding carboxylic acids is 1. The predicted octanol–water partition coefficient (Wildman–Crippen LogP) is 3.14. The molecular formula is C20H19N3O6. The summed E-state index contributed by atoms with van der Waals surface area (Å²) in [5, 5.41) is 15.3. The third-order valence-electron chi connectivity index (χ3n) is 4.70. The molecule has 2 aromatic rings. The number of benzene rings is 2. The van der Waals surface area contributed by atoms with Crippen LogP contribution in [0.1, 0.15) is 30.0 Å². The van der Waals surface area contributed by atoms with Crippen LogP contribution in [0.15, 0.2) is 41.6 Å². The van der Waals surface area contributed by atoms with Crippen LogP contribution in [0.5, 0.6) is 5.75 Å². The Morgan fingerprint density at radius 3 is 2.93 bits per heavy atom. The Morgan fingerprint density at radius 1 is 1.31 bits per heavy atom. The highest BCUT2D eigenvalue weighted by Gasteiger charge is 2.33. The first kappa shape index (κ1) is 18.9. The molecule has 0 bridgehead atoms. The number of ether oxygens (including phenoxy) is 2. The topological polar surface area (TPSA) is 104 Å². The summed E-state index contributed by atoms with van der Waals surface area (Å²) in [6, 6.07) is 10.2. The molecule has 1 amide bonds. The number of nitro groups is 1. The van der Waals surface area contributed by atoms with Gasteiger partial charge in [0.05, 0.1) is 17.2 Å². The lowest BCUT2D eigenvalue weighted by Crippen LogP contribution is -2.30. The van der Waals surface area contributed by atoms with Crippen LogP contribution < -0.4 is 9.64 Å². The minimum Gasteiger partial charge on any atom is -0.467 e. The molecule has 9 nitrogen and oxygen atoms in total. The molecule has 0 radical (unpaired) electrons. The molecule has 2 heterocycles. The second-order valence-corrected chi connectivity index (χ2v) is 6.65. The van der Waals surface area contributed by atoms with Crippen LogP contribution in [0.4, 0.5) is 11.4 Å². The zero-order valence-corrected chi connectivity index (χ0v) is 15.8. The maximum Gasteiger partial charge on any atom is 0.281 e. The summed E-state index contributed by atoms with van der Waals surface area (Å²) in [5.41, 5.74) is 2.70. The molecule has 0 N–H and O–H groups in total. The van der Waals surface area contributed by atoms with E-state index in [1.165, 1.54) is 12.1 Å². The van der Waals surface area contributed by atoms with Gasteiger partial charge in [0.1, 0.15) is 12.4 Å². The quantitative estimate of drug-likeness (QED) is 0.548. The fourth-order valence-electron chi connectivity index (χ4n) is 3.46. The highest BCUT2D eigenvalue weighted by molar-refractivity contribution is 6.54. The summed E-state index contributed by atoms with van der Waals surface area (Å²) in [6.07, 6.45) is 0.813. The van der Waals surface area contributed by atoms with Gasteiger partial charge in [-0.3, -0.25) is 14.9 Å². The van der Waals surface area contributed by atoms with E-state index >= 15 is 0 Å². The van der Waals surface area contributed by atoms with E-state index in [4.69, 9.17) is 14.3 Å². The molecule has 29 heavy (non-hydrogen) atoms. The summed E-state index contributed by atoms with van der Waals surface area (Å²) in [4.78, 5) is 30.6. The average molecular weight is 397 g/mol. The zero-order chi connectivity index (χ0) is 20.4. The summed E-state index contributed by atoms with van der Waals surface area (Å²) in [6.45, 7) is 2.79. The van der Waals surface area contributed by atoms with Gasteiger partial charge in [-0.15, -0.1) is 0 Å². The van der Waals surface area contributed by atoms with Crippen LogP contribution in [-0.4, -0.2) is 29.9 Å². The van der Waals surface area contributed by atoms with E-state index in [1.807, 2.05) is 31.2 Å². The molecule has 0 saturated carbocycles. The number of nitrogens with zero attached hydrogens (tertiary/aromatic N) is 3. The molecule has 0 atom stereocenters. The Bertz CT molecular complexity index is 1000. The Kier molecular flexibility index (Phi) is 5.13. The van der Waals surface area contributed by atoms with Crippen molar-refractivity contribution in [1.82, 2.24) is 0 Å². The van der Waals surface area contributed by atoms with Crippen molar-refractivity contribution in [1.29, 1.82) is 0 Å². The highest BCUT2D eigenvalue weighted by Crippen LogP contribution is 2.33. The Labute approximate surface area is 166 Å². The summed E-state index contributed by atoms with van der Waals surface area (Å²) >= 11 is 0. The number of anilines is 1. The van der Waals surface area contributed by atoms with Gasteiger partial charge in [0, 0.05) is 35.4 Å². The van der Waals surface area contributed by atoms with Gasteiger partial charge in [-0.25, -0.2) is 0 Å². The van der Waals surface area contributed by atoms with Crippen molar-refractivity contribution in [2.24, 2.45) is 5.16 Å². The van der Waals surface area contributed by atoms with Gasteiger partial charge in [-0.05, 0) is 12.5 Å². The normalized spacial score (nSPS) is 16.4. The lowest BCUT2D eigenvalue weighted by atomic mass is 10.1. The van der Waals surface area contributed by atoms with Gasteiger partial charge in [-0.1, -0.05) is 30.3 Å². The first-order chi connectivity index (χ1) is 14.1. The smallest absolute Gasteiger partial charge is 0.281 e. The predicted molar refractivity (Wildman–Crippen MR) is 104 cm³/mol. The van der Waals surface area contributed by atoms with E-state index in [1.54, 1.807) is 4.90 Å². The van der Waals surface area contributed by atoms with Gasteiger partial charge >= 0.3 is 0 Å². The van der Waals surface area contributed by atoms with E-state index in [9.17, 15) is 14.9 Å². The van der Waals surface area contributed by atoms with Crippen LogP contribution in [0.25, 0.3) is 0 Å². The van der Waals surface area contributed by atoms with Crippen LogP contribution in [0, 0.1) is 10.1 Å². The monoisotopic (exact) mass is 397 g/mol. The van der Waals surface area contributed by atoms with Gasteiger partial charge in [0.2, 0.25) is 0 Å². The minimum absolute atomic E-state index is 0.0597. The number of carbonyl (C=O) groups is 1. The second-order valence-electron chi connectivity index (χ2n) is 6.65. The molecule has 0 spiro atoms. The number of fused-ring (bicyclic) bond motifs is 2. The molecule has 2 aliphatic heterocycles. The zero-order valence-electron chi connectivity index (χ0n) is 15.8. The Balaban J connectivity index is 1.60. The SMILES string of the molecule is CCCN1C(=O)/C(=N\OCc2cc([N+](=O)[O-])cc3c2OCOC3)c2ccccc21. The molecule has 0 saturated heterocycles. The third kappa shape index (κ3) is 3.52. The molecule has 2 aliphatic rings. The second kappa shape index (κ2) is 7.88. The number of para-hydroxylation sites is 1. The summed E-state index contributed by atoms with van der Waals surface area (Å²) in [7, 11) is 0. The lowest BCUT2D eigenvalue weighted by Gasteiger charge is -2.20. The number of amides is 1. The van der Waals surface area contributed by atoms with Gasteiger partial charge in [-0.2, -0.15) is 0 Å². The standard InChI is InChI=1S/C20H19N3O6/c1-2-7-22-17-6-4-3-5-16(17)18(20(22)24)21-29-11-14-9-15(23(25)26)8-13-10-27-12-28-19(13)14/h3-6,8-9H,2,7,10-12H2,1H3/b21-18-. The molecule has 150 valence electrons. The largest absolute Gasteiger partial charge is 0.467 e. The first-order valence-electron chi connectivity index (χ1n) is 9.22. The summed E-state index contributed by atoms with van der Waals surface area (Å²) < 4.78 is 10.7. The van der Waals surface area contributed by atoms with Gasteiger partial charge in [0.15, 0.2) is 12.5 Å². The van der Waals surface area contributed by atoms with Gasteiger partial charge < -0.3 is 19.2 Å². The molecular weight excluding hydrogens is 378 g/mol. The molecule has 0 aromatic heterocycles. The Morgan fingerprint density at radius 2 is 2.14 bits per heavy atom.